The molecule has 3 heterocycles. The second kappa shape index (κ2) is 10.4. The Hall–Kier alpha value is -1.17. The van der Waals surface area contributed by atoms with Gasteiger partial charge in [-0.05, 0) is 57.0 Å². The predicted octanol–water partition coefficient (Wildman–Crippen LogP) is 3.02. The van der Waals surface area contributed by atoms with Crippen LogP contribution in [-0.4, -0.2) is 87.6 Å². The van der Waals surface area contributed by atoms with Crippen molar-refractivity contribution in [1.29, 1.82) is 0 Å². The van der Waals surface area contributed by atoms with Gasteiger partial charge < -0.3 is 19.5 Å². The Balaban J connectivity index is 1.23. The lowest BCUT2D eigenvalue weighted by molar-refractivity contribution is 0.0889. The van der Waals surface area contributed by atoms with Gasteiger partial charge in [-0.1, -0.05) is 12.1 Å². The maximum Gasteiger partial charge on any atom is 0.273 e. The number of likely N-dealkylation sites (tertiary alicyclic amines) is 1. The molecule has 0 spiro atoms. The highest BCUT2D eigenvalue weighted by Gasteiger charge is 2.36. The number of nitrogens with zero attached hydrogens (tertiary/aromatic N) is 3. The summed E-state index contributed by atoms with van der Waals surface area (Å²) in [4.78, 5) is 15.0. The van der Waals surface area contributed by atoms with Gasteiger partial charge in [-0.2, -0.15) is 0 Å². The lowest BCUT2D eigenvalue weighted by atomic mass is 9.95. The molecule has 10 heteroatoms. The maximum atomic E-state index is 12.6. The van der Waals surface area contributed by atoms with Crippen LogP contribution in [-0.2, 0) is 4.74 Å². The Morgan fingerprint density at radius 1 is 1.25 bits per heavy atom. The summed E-state index contributed by atoms with van der Waals surface area (Å²) in [6.07, 6.45) is 4.87. The van der Waals surface area contributed by atoms with E-state index in [2.05, 4.69) is 22.3 Å². The Morgan fingerprint density at radius 3 is 2.66 bits per heavy atom. The van der Waals surface area contributed by atoms with Gasteiger partial charge in [0.15, 0.2) is 5.69 Å². The van der Waals surface area contributed by atoms with Gasteiger partial charge in [0, 0.05) is 44.8 Å². The van der Waals surface area contributed by atoms with Crippen LogP contribution in [0.2, 0.25) is 0 Å². The van der Waals surface area contributed by atoms with Crippen molar-refractivity contribution in [3.63, 3.8) is 0 Å². The zero-order valence-corrected chi connectivity index (χ0v) is 20.1. The summed E-state index contributed by atoms with van der Waals surface area (Å²) in [6.45, 7) is 6.83. The van der Waals surface area contributed by atoms with Crippen molar-refractivity contribution in [2.75, 3.05) is 52.2 Å². The van der Waals surface area contributed by atoms with E-state index in [1.165, 1.54) is 0 Å². The standard InChI is InChI=1S/C22H38N4O5S/c1-16-14-26(32(28,29)15-17-5-8-25(9-6-17)11-12-30-2)10-7-19(16)23-22(27)20-13-21(31-24-20)18-3-4-18/h13,16-19,28-29H,3-12,14-15H2,1-2H3,(H,23,27)/t16-,19+/m0/s1. The molecule has 3 fully saturated rings. The molecule has 2 aliphatic heterocycles. The van der Waals surface area contributed by atoms with Crippen LogP contribution in [0.3, 0.4) is 0 Å². The molecule has 32 heavy (non-hydrogen) atoms. The smallest absolute Gasteiger partial charge is 0.273 e. The van der Waals surface area contributed by atoms with Gasteiger partial charge in [-0.25, -0.2) is 4.31 Å². The molecule has 4 rings (SSSR count). The van der Waals surface area contributed by atoms with E-state index in [0.717, 1.165) is 57.7 Å². The van der Waals surface area contributed by atoms with Crippen molar-refractivity contribution < 1.29 is 23.2 Å². The van der Waals surface area contributed by atoms with Gasteiger partial charge >= 0.3 is 0 Å². The fourth-order valence-electron chi connectivity index (χ4n) is 4.80. The fourth-order valence-corrected chi connectivity index (χ4v) is 6.85. The van der Waals surface area contributed by atoms with Crippen molar-refractivity contribution >= 4 is 16.7 Å². The fraction of sp³-hybridized carbons (Fsp3) is 0.818. The predicted molar refractivity (Wildman–Crippen MR) is 124 cm³/mol. The van der Waals surface area contributed by atoms with Crippen molar-refractivity contribution in [3.05, 3.63) is 17.5 Å². The third-order valence-electron chi connectivity index (χ3n) is 7.12. The minimum Gasteiger partial charge on any atom is -0.383 e. The molecule has 1 saturated carbocycles. The second-order valence-electron chi connectivity index (χ2n) is 9.70. The minimum atomic E-state index is -2.80. The highest BCUT2D eigenvalue weighted by atomic mass is 32.3. The number of amides is 1. The maximum absolute atomic E-state index is 12.6. The molecule has 0 unspecified atom stereocenters. The highest BCUT2D eigenvalue weighted by molar-refractivity contribution is 8.22. The van der Waals surface area contributed by atoms with Crippen LogP contribution in [0.15, 0.2) is 10.6 Å². The van der Waals surface area contributed by atoms with Gasteiger partial charge in [0.2, 0.25) is 0 Å². The third-order valence-corrected chi connectivity index (χ3v) is 9.19. The van der Waals surface area contributed by atoms with Crippen molar-refractivity contribution in [2.45, 2.75) is 51.0 Å². The third kappa shape index (κ3) is 6.03. The molecule has 0 aromatic carbocycles. The van der Waals surface area contributed by atoms with E-state index in [1.54, 1.807) is 13.2 Å². The summed E-state index contributed by atoms with van der Waals surface area (Å²) in [7, 11) is -1.08. The van der Waals surface area contributed by atoms with Crippen molar-refractivity contribution in [3.8, 4) is 0 Å². The van der Waals surface area contributed by atoms with Crippen LogP contribution in [0.5, 0.6) is 0 Å². The lowest BCUT2D eigenvalue weighted by Gasteiger charge is -2.50. The van der Waals surface area contributed by atoms with E-state index in [0.29, 0.717) is 42.8 Å². The molecular formula is C22H38N4O5S. The van der Waals surface area contributed by atoms with E-state index < -0.39 is 10.8 Å². The molecule has 2 saturated heterocycles. The average Bonchev–Trinajstić information content (AvgIpc) is 3.50. The second-order valence-corrected chi connectivity index (χ2v) is 11.8. The number of hydrogen-bond acceptors (Lipinski definition) is 8. The van der Waals surface area contributed by atoms with Crippen LogP contribution in [0.1, 0.15) is 61.2 Å². The first-order chi connectivity index (χ1) is 15.4. The van der Waals surface area contributed by atoms with Crippen molar-refractivity contribution in [1.82, 2.24) is 19.7 Å². The van der Waals surface area contributed by atoms with Gasteiger partial charge in [-0.3, -0.25) is 13.9 Å². The van der Waals surface area contributed by atoms with Crippen molar-refractivity contribution in [2.24, 2.45) is 11.8 Å². The molecule has 1 aliphatic carbocycles. The topological polar surface area (TPSA) is 111 Å². The number of carbonyl (C=O) groups is 1. The number of rotatable bonds is 9. The number of hydrogen-bond donors (Lipinski definition) is 3. The summed E-state index contributed by atoms with van der Waals surface area (Å²) in [6, 6.07) is 1.74. The first-order valence-corrected chi connectivity index (χ1v) is 13.5. The van der Waals surface area contributed by atoms with Crippen LogP contribution >= 0.6 is 10.8 Å². The number of aromatic nitrogens is 1. The summed E-state index contributed by atoms with van der Waals surface area (Å²) >= 11 is 0. The van der Waals surface area contributed by atoms with E-state index in [9.17, 15) is 13.9 Å². The number of carbonyl (C=O) groups excluding carboxylic acids is 1. The molecule has 0 radical (unpaired) electrons. The van der Waals surface area contributed by atoms with Gasteiger partial charge in [0.1, 0.15) is 5.76 Å². The minimum absolute atomic E-state index is 0.0148. The summed E-state index contributed by atoms with van der Waals surface area (Å²) < 4.78 is 34.2. The molecule has 3 aliphatic rings. The molecule has 1 aromatic heterocycles. The molecule has 9 nitrogen and oxygen atoms in total. The van der Waals surface area contributed by atoms with Gasteiger partial charge in [-0.15, -0.1) is 10.8 Å². The van der Waals surface area contributed by atoms with Crippen LogP contribution < -0.4 is 5.32 Å². The van der Waals surface area contributed by atoms with Gasteiger partial charge in [0.25, 0.3) is 5.91 Å². The van der Waals surface area contributed by atoms with Crippen LogP contribution in [0.25, 0.3) is 0 Å². The lowest BCUT2D eigenvalue weighted by Crippen LogP contribution is -2.51. The Kier molecular flexibility index (Phi) is 7.79. The van der Waals surface area contributed by atoms with E-state index >= 15 is 0 Å². The Bertz CT molecular complexity index is 763. The summed E-state index contributed by atoms with van der Waals surface area (Å²) in [5, 5.41) is 7.00. The molecule has 1 amide bonds. The Morgan fingerprint density at radius 2 is 2.00 bits per heavy atom. The first-order valence-electron chi connectivity index (χ1n) is 11.9. The average molecular weight is 471 g/mol. The molecule has 2 atom stereocenters. The first kappa shape index (κ1) is 24.0. The SMILES string of the molecule is COCCN1CCC(CS(O)(O)N2CC[C@@H](NC(=O)c3cc(C4CC4)on3)[C@@H](C)C2)CC1. The quantitative estimate of drug-likeness (QED) is 0.505. The summed E-state index contributed by atoms with van der Waals surface area (Å²) in [5.41, 5.74) is 0.336. The number of piperidine rings is 2. The number of ether oxygens (including phenoxy) is 1. The van der Waals surface area contributed by atoms with E-state index in [1.807, 2.05) is 4.31 Å². The largest absolute Gasteiger partial charge is 0.383 e. The zero-order chi connectivity index (χ0) is 22.7. The highest BCUT2D eigenvalue weighted by Crippen LogP contribution is 2.48. The van der Waals surface area contributed by atoms with Gasteiger partial charge in [0.05, 0.1) is 12.4 Å². The summed E-state index contributed by atoms with van der Waals surface area (Å²) in [5.74, 6) is 1.91. The molecule has 1 aromatic rings. The molecule has 182 valence electrons. The normalized spacial score (nSPS) is 26.9. The zero-order valence-electron chi connectivity index (χ0n) is 19.2. The van der Waals surface area contributed by atoms with Crippen LogP contribution in [0.4, 0.5) is 0 Å². The van der Waals surface area contributed by atoms with E-state index in [-0.39, 0.29) is 17.9 Å². The van der Waals surface area contributed by atoms with E-state index in [4.69, 9.17) is 9.26 Å². The Labute approximate surface area is 192 Å². The molecular weight excluding hydrogens is 432 g/mol. The molecule has 3 N–H and O–H groups in total. The molecule has 0 bridgehead atoms. The van der Waals surface area contributed by atoms with Crippen LogP contribution in [0, 0.1) is 11.8 Å². The number of methoxy groups -OCH3 is 1. The monoisotopic (exact) mass is 470 g/mol. The number of nitrogens with one attached hydrogen (secondary N) is 1.